The summed E-state index contributed by atoms with van der Waals surface area (Å²) in [5.41, 5.74) is 20.1. The predicted molar refractivity (Wildman–Crippen MR) is 266 cm³/mol. The third kappa shape index (κ3) is 6.40. The van der Waals surface area contributed by atoms with Gasteiger partial charge >= 0.3 is 21.1 Å². The maximum Gasteiger partial charge on any atom is 2.00 e. The molecule has 0 bridgehead atoms. The zero-order valence-electron chi connectivity index (χ0n) is 40.5. The first-order chi connectivity index (χ1) is 29.4. The normalized spacial score (nSPS) is 19.7. The SMILES string of the molecule is Cc1cc(C)c(-c2cc(Oc3[c-]c4c(cc3C)c3cc(C(C)(C)C)cc5c3n4-c3ncc(C)cc3C5(C)C)[c-]c(C3=N[C@]4(C)Cc5cc(C)c(C)cc5[C@]4(C(C)(C)C)S3)c2)c(C)c1.[Pt+2]. The fourth-order valence-electron chi connectivity index (χ4n) is 11.7. The molecule has 7 aromatic rings. The summed E-state index contributed by atoms with van der Waals surface area (Å²) in [5, 5.41) is 3.41. The molecule has 2 aromatic heterocycles. The monoisotopic (exact) mass is 1040 g/mol. The number of hydrogen-bond donors (Lipinski definition) is 0. The van der Waals surface area contributed by atoms with Crippen LogP contribution in [0.25, 0.3) is 38.8 Å². The number of aromatic nitrogens is 2. The van der Waals surface area contributed by atoms with E-state index in [0.29, 0.717) is 11.5 Å². The second-order valence-electron chi connectivity index (χ2n) is 22.1. The van der Waals surface area contributed by atoms with Crippen LogP contribution in [0.1, 0.15) is 135 Å². The third-order valence-corrected chi connectivity index (χ3v) is 16.9. The van der Waals surface area contributed by atoms with Gasteiger partial charge in [-0.05, 0) is 133 Å². The van der Waals surface area contributed by atoms with Gasteiger partial charge in [-0.25, -0.2) is 4.98 Å². The predicted octanol–water partition coefficient (Wildman–Crippen LogP) is 15.1. The minimum Gasteiger partial charge on any atom is -0.503 e. The van der Waals surface area contributed by atoms with Gasteiger partial charge in [0.1, 0.15) is 5.82 Å². The Balaban J connectivity index is 0.00000518. The number of nitrogens with zero attached hydrogens (tertiary/aromatic N) is 3. The van der Waals surface area contributed by atoms with Gasteiger partial charge in [0.25, 0.3) is 0 Å². The number of fused-ring (bicyclic) bond motifs is 8. The average Bonchev–Trinajstić information content (AvgIpc) is 3.75. The van der Waals surface area contributed by atoms with Gasteiger partial charge in [0.15, 0.2) is 0 Å². The largest absolute Gasteiger partial charge is 2.00 e. The van der Waals surface area contributed by atoms with Crippen molar-refractivity contribution in [3.05, 3.63) is 151 Å². The molecule has 2 atom stereocenters. The molecule has 2 aliphatic heterocycles. The van der Waals surface area contributed by atoms with E-state index < -0.39 is 0 Å². The van der Waals surface area contributed by atoms with Gasteiger partial charge in [0, 0.05) is 39.2 Å². The van der Waals surface area contributed by atoms with E-state index in [4.69, 9.17) is 14.7 Å². The summed E-state index contributed by atoms with van der Waals surface area (Å²) in [4.78, 5) is 10.9. The van der Waals surface area contributed by atoms with Crippen molar-refractivity contribution in [1.29, 1.82) is 0 Å². The van der Waals surface area contributed by atoms with E-state index in [0.717, 1.165) is 50.4 Å². The average molecular weight is 1040 g/mol. The van der Waals surface area contributed by atoms with Gasteiger partial charge in [-0.2, -0.15) is 6.07 Å². The molecule has 330 valence electrons. The minimum absolute atomic E-state index is 0. The summed E-state index contributed by atoms with van der Waals surface area (Å²) >= 11 is 1.94. The van der Waals surface area contributed by atoms with Crippen LogP contribution in [0.15, 0.2) is 71.9 Å². The molecule has 0 saturated heterocycles. The van der Waals surface area contributed by atoms with Crippen LogP contribution >= 0.6 is 11.8 Å². The molecular weight excluding hydrogens is 982 g/mol. The van der Waals surface area contributed by atoms with E-state index in [1.807, 2.05) is 18.0 Å². The molecule has 64 heavy (non-hydrogen) atoms. The summed E-state index contributed by atoms with van der Waals surface area (Å²) in [7, 11) is 0. The molecule has 6 heteroatoms. The molecular formula is C58H61N3OPtS. The molecule has 0 unspecified atom stereocenters. The number of rotatable bonds is 4. The Morgan fingerprint density at radius 1 is 0.688 bits per heavy atom. The Hall–Kier alpha value is -4.44. The number of aryl methyl sites for hydroxylation is 7. The van der Waals surface area contributed by atoms with Crippen molar-refractivity contribution in [2.45, 2.75) is 138 Å². The van der Waals surface area contributed by atoms with E-state index in [1.54, 1.807) is 0 Å². The minimum atomic E-state index is -0.328. The van der Waals surface area contributed by atoms with Crippen LogP contribution in [-0.2, 0) is 43.1 Å². The van der Waals surface area contributed by atoms with Crippen molar-refractivity contribution in [3.63, 3.8) is 0 Å². The smallest absolute Gasteiger partial charge is 0.503 e. The third-order valence-electron chi connectivity index (χ3n) is 14.8. The van der Waals surface area contributed by atoms with Crippen LogP contribution < -0.4 is 4.74 Å². The van der Waals surface area contributed by atoms with E-state index >= 15 is 0 Å². The second-order valence-corrected chi connectivity index (χ2v) is 23.3. The standard InChI is InChI=1S/C58H61N3OS.Pt/c1-31-17-36(6)50(37(7)18-31)38-23-39(53-60-57(16)29-40-20-33(3)34(4)22-45(40)58(57,63-53)55(11,12)13)25-42(24-38)62-49-28-48-43(21-35(49)5)44-26-41(54(8,9)10)27-46-51(44)61(48)52-47(56(46,14)15)19-32(2)30-59-52;/h17-24,26-27,30H,29H2,1-16H3;/q-2;+2/t57-,58-;/m1./s1. The summed E-state index contributed by atoms with van der Waals surface area (Å²) in [5.74, 6) is 2.30. The molecule has 5 aromatic carbocycles. The van der Waals surface area contributed by atoms with Crippen molar-refractivity contribution in [2.24, 2.45) is 10.4 Å². The number of thioether (sulfide) groups is 1. The zero-order valence-corrected chi connectivity index (χ0v) is 43.6. The summed E-state index contributed by atoms with van der Waals surface area (Å²) < 4.78 is 9.24. The Morgan fingerprint density at radius 2 is 1.38 bits per heavy atom. The maximum atomic E-state index is 7.14. The molecule has 0 radical (unpaired) electrons. The summed E-state index contributed by atoms with van der Waals surface area (Å²) in [6.07, 6.45) is 2.90. The Bertz CT molecular complexity index is 3170. The van der Waals surface area contributed by atoms with Crippen LogP contribution in [0.2, 0.25) is 0 Å². The molecule has 1 aliphatic carbocycles. The van der Waals surface area contributed by atoms with Gasteiger partial charge < -0.3 is 14.3 Å². The Morgan fingerprint density at radius 3 is 2.05 bits per heavy atom. The molecule has 0 fully saturated rings. The topological polar surface area (TPSA) is 39.4 Å². The molecule has 10 rings (SSSR count). The van der Waals surface area contributed by atoms with Gasteiger partial charge in [0.05, 0.1) is 10.3 Å². The summed E-state index contributed by atoms with van der Waals surface area (Å²) in [6, 6.07) is 31.0. The molecule has 0 saturated carbocycles. The van der Waals surface area contributed by atoms with Crippen molar-refractivity contribution < 1.29 is 25.8 Å². The van der Waals surface area contributed by atoms with Crippen LogP contribution in [0.3, 0.4) is 0 Å². The van der Waals surface area contributed by atoms with E-state index in [9.17, 15) is 0 Å². The van der Waals surface area contributed by atoms with Crippen molar-refractivity contribution >= 4 is 38.6 Å². The first-order valence-electron chi connectivity index (χ1n) is 22.7. The number of hydrogen-bond acceptors (Lipinski definition) is 4. The van der Waals surface area contributed by atoms with E-state index in [-0.39, 0.29) is 47.6 Å². The van der Waals surface area contributed by atoms with Crippen LogP contribution in [0.4, 0.5) is 0 Å². The van der Waals surface area contributed by atoms with Crippen LogP contribution in [0.5, 0.6) is 11.5 Å². The van der Waals surface area contributed by atoms with Gasteiger partial charge in [0.2, 0.25) is 0 Å². The first-order valence-corrected chi connectivity index (χ1v) is 23.5. The van der Waals surface area contributed by atoms with Gasteiger partial charge in [-0.1, -0.05) is 127 Å². The van der Waals surface area contributed by atoms with Crippen molar-refractivity contribution in [1.82, 2.24) is 9.55 Å². The Labute approximate surface area is 400 Å². The Kier molecular flexibility index (Phi) is 10.2. The maximum absolute atomic E-state index is 7.14. The molecule has 0 N–H and O–H groups in total. The quantitative estimate of drug-likeness (QED) is 0.165. The van der Waals surface area contributed by atoms with E-state index in [1.165, 1.54) is 72.1 Å². The van der Waals surface area contributed by atoms with Gasteiger partial charge in [-0.3, -0.25) is 0 Å². The second kappa shape index (κ2) is 14.5. The number of ether oxygens (including phenoxy) is 1. The van der Waals surface area contributed by atoms with Crippen molar-refractivity contribution in [2.75, 3.05) is 0 Å². The number of pyridine rings is 1. The fourth-order valence-corrected chi connectivity index (χ4v) is 13.4. The first kappa shape index (κ1) is 44.7. The molecule has 3 aliphatic rings. The van der Waals surface area contributed by atoms with E-state index in [2.05, 4.69) is 188 Å². The molecule has 4 heterocycles. The molecule has 4 nitrogen and oxygen atoms in total. The number of benzene rings is 5. The fraction of sp³-hybridized carbons (Fsp3) is 0.379. The van der Waals surface area contributed by atoms with Crippen LogP contribution in [0, 0.1) is 66.0 Å². The van der Waals surface area contributed by atoms with Crippen LogP contribution in [-0.4, -0.2) is 20.1 Å². The van der Waals surface area contributed by atoms with Gasteiger partial charge in [-0.15, -0.1) is 40.4 Å². The molecule has 0 amide bonds. The number of aliphatic imine (C=N–C) groups is 1. The summed E-state index contributed by atoms with van der Waals surface area (Å²) in [6.45, 7) is 36.6. The molecule has 0 spiro atoms. The van der Waals surface area contributed by atoms with Crippen molar-refractivity contribution in [3.8, 4) is 28.4 Å². The zero-order chi connectivity index (χ0) is 45.1.